The Morgan fingerprint density at radius 1 is 0.857 bits per heavy atom. The van der Waals surface area contributed by atoms with Gasteiger partial charge in [0.05, 0.1) is 5.69 Å². The summed E-state index contributed by atoms with van der Waals surface area (Å²) in [5.74, 6) is 0.935. The third kappa shape index (κ3) is 4.68. The van der Waals surface area contributed by atoms with Gasteiger partial charge < -0.3 is 15.1 Å². The van der Waals surface area contributed by atoms with E-state index in [0.29, 0.717) is 12.1 Å². The number of likely N-dealkylation sites (tertiary alicyclic amines) is 1. The van der Waals surface area contributed by atoms with Crippen LogP contribution >= 0.6 is 0 Å². The summed E-state index contributed by atoms with van der Waals surface area (Å²) in [7, 11) is 0. The van der Waals surface area contributed by atoms with Crippen molar-refractivity contribution in [3.8, 4) is 11.3 Å². The number of hydrogen-bond acceptors (Lipinski definition) is 5. The highest BCUT2D eigenvalue weighted by molar-refractivity contribution is 5.94. The fourth-order valence-corrected chi connectivity index (χ4v) is 4.00. The molecule has 0 bridgehead atoms. The predicted molar refractivity (Wildman–Crippen MR) is 112 cm³/mol. The van der Waals surface area contributed by atoms with E-state index in [1.165, 1.54) is 32.1 Å². The predicted octanol–water partition coefficient (Wildman–Crippen LogP) is 2.96. The lowest BCUT2D eigenvalue weighted by molar-refractivity contribution is 0.0946. The summed E-state index contributed by atoms with van der Waals surface area (Å²) in [6, 6.07) is 11.7. The van der Waals surface area contributed by atoms with Crippen molar-refractivity contribution < 1.29 is 4.79 Å². The van der Waals surface area contributed by atoms with Gasteiger partial charge in [0.15, 0.2) is 5.82 Å². The van der Waals surface area contributed by atoms with E-state index < -0.39 is 0 Å². The van der Waals surface area contributed by atoms with E-state index in [0.717, 1.165) is 49.8 Å². The molecule has 1 amide bonds. The van der Waals surface area contributed by atoms with Crippen molar-refractivity contribution >= 4 is 11.7 Å². The largest absolute Gasteiger partial charge is 0.355 e. The maximum absolute atomic E-state index is 12.4. The van der Waals surface area contributed by atoms with E-state index >= 15 is 0 Å². The Morgan fingerprint density at radius 2 is 1.57 bits per heavy atom. The minimum Gasteiger partial charge on any atom is -0.355 e. The lowest BCUT2D eigenvalue weighted by Gasteiger charge is -2.26. The average Bonchev–Trinajstić information content (AvgIpc) is 3.30. The van der Waals surface area contributed by atoms with Crippen molar-refractivity contribution in [1.29, 1.82) is 0 Å². The SMILES string of the molecule is O=C(NCCN1CCCCC1)c1ccc(-c2ccc(N3CCCC3)nn2)cc1. The van der Waals surface area contributed by atoms with Crippen LogP contribution in [0.3, 0.4) is 0 Å². The summed E-state index contributed by atoms with van der Waals surface area (Å²) in [6.45, 7) is 6.07. The van der Waals surface area contributed by atoms with Crippen LogP contribution in [-0.4, -0.2) is 60.3 Å². The molecule has 1 aromatic carbocycles. The van der Waals surface area contributed by atoms with Gasteiger partial charge in [-0.1, -0.05) is 18.6 Å². The number of aromatic nitrogens is 2. The molecule has 2 aromatic rings. The summed E-state index contributed by atoms with van der Waals surface area (Å²) in [6.07, 6.45) is 6.34. The van der Waals surface area contributed by atoms with Crippen molar-refractivity contribution in [2.24, 2.45) is 0 Å². The Hall–Kier alpha value is -2.47. The first-order valence-corrected chi connectivity index (χ1v) is 10.5. The number of nitrogens with one attached hydrogen (secondary N) is 1. The molecule has 6 nitrogen and oxygen atoms in total. The van der Waals surface area contributed by atoms with Crippen LogP contribution in [0.2, 0.25) is 0 Å². The van der Waals surface area contributed by atoms with E-state index in [9.17, 15) is 4.79 Å². The molecule has 2 fully saturated rings. The smallest absolute Gasteiger partial charge is 0.251 e. The van der Waals surface area contributed by atoms with Crippen LogP contribution in [0.1, 0.15) is 42.5 Å². The number of piperidine rings is 1. The van der Waals surface area contributed by atoms with Gasteiger partial charge in [-0.05, 0) is 63.0 Å². The highest BCUT2D eigenvalue weighted by Gasteiger charge is 2.14. The first-order chi connectivity index (χ1) is 13.8. The van der Waals surface area contributed by atoms with E-state index in [-0.39, 0.29) is 5.91 Å². The van der Waals surface area contributed by atoms with E-state index in [1.807, 2.05) is 36.4 Å². The number of hydrogen-bond donors (Lipinski definition) is 1. The van der Waals surface area contributed by atoms with Gasteiger partial charge in [-0.2, -0.15) is 0 Å². The van der Waals surface area contributed by atoms with Gasteiger partial charge in [0, 0.05) is 37.3 Å². The summed E-state index contributed by atoms with van der Waals surface area (Å²) in [4.78, 5) is 17.1. The number of rotatable bonds is 6. The van der Waals surface area contributed by atoms with E-state index in [1.54, 1.807) is 0 Å². The second-order valence-corrected chi connectivity index (χ2v) is 7.71. The molecule has 1 N–H and O–H groups in total. The molecule has 2 saturated heterocycles. The molecule has 28 heavy (non-hydrogen) atoms. The summed E-state index contributed by atoms with van der Waals surface area (Å²) in [5.41, 5.74) is 2.49. The second-order valence-electron chi connectivity index (χ2n) is 7.71. The van der Waals surface area contributed by atoms with Gasteiger partial charge in [-0.3, -0.25) is 4.79 Å². The first kappa shape index (κ1) is 18.9. The molecule has 0 unspecified atom stereocenters. The van der Waals surface area contributed by atoms with Crippen LogP contribution in [0.5, 0.6) is 0 Å². The minimum absolute atomic E-state index is 0.0148. The molecule has 4 rings (SSSR count). The maximum atomic E-state index is 12.4. The van der Waals surface area contributed by atoms with Crippen LogP contribution < -0.4 is 10.2 Å². The zero-order valence-electron chi connectivity index (χ0n) is 16.4. The Morgan fingerprint density at radius 3 is 2.25 bits per heavy atom. The molecule has 0 radical (unpaired) electrons. The molecule has 0 aliphatic carbocycles. The minimum atomic E-state index is -0.0148. The Balaban J connectivity index is 1.30. The molecule has 2 aliphatic rings. The first-order valence-electron chi connectivity index (χ1n) is 10.5. The Kier molecular flexibility index (Phi) is 6.17. The molecule has 0 spiro atoms. The number of benzene rings is 1. The second kappa shape index (κ2) is 9.15. The Bertz CT molecular complexity index is 763. The van der Waals surface area contributed by atoms with Gasteiger partial charge in [-0.25, -0.2) is 0 Å². The monoisotopic (exact) mass is 379 g/mol. The molecule has 0 atom stereocenters. The highest BCUT2D eigenvalue weighted by Crippen LogP contribution is 2.21. The zero-order chi connectivity index (χ0) is 19.2. The molecule has 6 heteroatoms. The number of nitrogens with zero attached hydrogens (tertiary/aromatic N) is 4. The van der Waals surface area contributed by atoms with Crippen molar-refractivity contribution in [3.05, 3.63) is 42.0 Å². The van der Waals surface area contributed by atoms with Crippen LogP contribution in [0.25, 0.3) is 11.3 Å². The van der Waals surface area contributed by atoms with Crippen molar-refractivity contribution in [2.75, 3.05) is 44.2 Å². The van der Waals surface area contributed by atoms with Gasteiger partial charge >= 0.3 is 0 Å². The lowest BCUT2D eigenvalue weighted by Crippen LogP contribution is -2.37. The molecular formula is C22H29N5O. The fourth-order valence-electron chi connectivity index (χ4n) is 4.00. The fraction of sp³-hybridized carbons (Fsp3) is 0.500. The summed E-state index contributed by atoms with van der Waals surface area (Å²) >= 11 is 0. The summed E-state index contributed by atoms with van der Waals surface area (Å²) < 4.78 is 0. The normalized spacial score (nSPS) is 17.6. The topological polar surface area (TPSA) is 61.4 Å². The zero-order valence-corrected chi connectivity index (χ0v) is 16.4. The highest BCUT2D eigenvalue weighted by atomic mass is 16.1. The number of carbonyl (C=O) groups is 1. The van der Waals surface area contributed by atoms with Crippen LogP contribution in [0, 0.1) is 0 Å². The maximum Gasteiger partial charge on any atom is 0.251 e. The molecule has 1 aromatic heterocycles. The molecule has 3 heterocycles. The average molecular weight is 380 g/mol. The van der Waals surface area contributed by atoms with E-state index in [2.05, 4.69) is 25.3 Å². The lowest BCUT2D eigenvalue weighted by atomic mass is 10.1. The standard InChI is InChI=1S/C22H29N5O/c28-22(23-12-17-26-13-2-1-3-14-26)19-8-6-18(7-9-19)20-10-11-21(25-24-20)27-15-4-5-16-27/h6-11H,1-5,12-17H2,(H,23,28). The molecular weight excluding hydrogens is 350 g/mol. The quantitative estimate of drug-likeness (QED) is 0.836. The number of anilines is 1. The third-order valence-corrected chi connectivity index (χ3v) is 5.69. The van der Waals surface area contributed by atoms with Crippen molar-refractivity contribution in [2.45, 2.75) is 32.1 Å². The molecule has 148 valence electrons. The van der Waals surface area contributed by atoms with Crippen LogP contribution in [-0.2, 0) is 0 Å². The van der Waals surface area contributed by atoms with Crippen LogP contribution in [0.4, 0.5) is 5.82 Å². The van der Waals surface area contributed by atoms with Gasteiger partial charge in [-0.15, -0.1) is 10.2 Å². The van der Waals surface area contributed by atoms with Crippen molar-refractivity contribution in [3.63, 3.8) is 0 Å². The van der Waals surface area contributed by atoms with Crippen LogP contribution in [0.15, 0.2) is 36.4 Å². The number of amides is 1. The van der Waals surface area contributed by atoms with Gasteiger partial charge in [0.25, 0.3) is 5.91 Å². The Labute approximate surface area is 166 Å². The van der Waals surface area contributed by atoms with E-state index in [4.69, 9.17) is 0 Å². The van der Waals surface area contributed by atoms with Crippen molar-refractivity contribution in [1.82, 2.24) is 20.4 Å². The number of carbonyl (C=O) groups excluding carboxylic acids is 1. The van der Waals surface area contributed by atoms with Gasteiger partial charge in [0.1, 0.15) is 0 Å². The summed E-state index contributed by atoms with van der Waals surface area (Å²) in [5, 5.41) is 11.8. The third-order valence-electron chi connectivity index (χ3n) is 5.69. The van der Waals surface area contributed by atoms with Gasteiger partial charge in [0.2, 0.25) is 0 Å². The molecule has 2 aliphatic heterocycles. The molecule has 0 saturated carbocycles.